The Balaban J connectivity index is 1.66. The first kappa shape index (κ1) is 13.2. The molecule has 1 N–H and O–H groups in total. The van der Waals surface area contributed by atoms with E-state index < -0.39 is 0 Å². The van der Waals surface area contributed by atoms with Crippen LogP contribution in [0.4, 0.5) is 0 Å². The third kappa shape index (κ3) is 2.86. The van der Waals surface area contributed by atoms with Crippen molar-refractivity contribution >= 4 is 0 Å². The SMILES string of the molecule is COc1cccc2c1CC(NCc1ccccc1)CC2. The van der Waals surface area contributed by atoms with Crippen LogP contribution in [-0.4, -0.2) is 13.2 Å². The normalized spacial score (nSPS) is 17.6. The predicted molar refractivity (Wildman–Crippen MR) is 82.1 cm³/mol. The number of nitrogens with one attached hydrogen (secondary N) is 1. The Hall–Kier alpha value is -1.80. The van der Waals surface area contributed by atoms with Gasteiger partial charge >= 0.3 is 0 Å². The average molecular weight is 267 g/mol. The van der Waals surface area contributed by atoms with Crippen molar-refractivity contribution in [3.63, 3.8) is 0 Å². The van der Waals surface area contributed by atoms with Gasteiger partial charge in [-0.25, -0.2) is 0 Å². The number of fused-ring (bicyclic) bond motifs is 1. The number of hydrogen-bond donors (Lipinski definition) is 1. The number of benzene rings is 2. The zero-order valence-electron chi connectivity index (χ0n) is 11.9. The molecule has 1 atom stereocenters. The van der Waals surface area contributed by atoms with E-state index in [0.29, 0.717) is 6.04 Å². The van der Waals surface area contributed by atoms with Crippen LogP contribution in [0, 0.1) is 0 Å². The maximum atomic E-state index is 5.50. The van der Waals surface area contributed by atoms with Gasteiger partial charge in [0.2, 0.25) is 0 Å². The summed E-state index contributed by atoms with van der Waals surface area (Å²) >= 11 is 0. The standard InChI is InChI=1S/C18H21NO/c1-20-18-9-5-8-15-10-11-16(12-17(15)18)19-13-14-6-3-2-4-7-14/h2-9,16,19H,10-13H2,1H3. The Labute approximate surface area is 120 Å². The summed E-state index contributed by atoms with van der Waals surface area (Å²) in [5.74, 6) is 1.04. The first-order valence-corrected chi connectivity index (χ1v) is 7.29. The summed E-state index contributed by atoms with van der Waals surface area (Å²) in [4.78, 5) is 0. The highest BCUT2D eigenvalue weighted by molar-refractivity contribution is 5.42. The largest absolute Gasteiger partial charge is 0.496 e. The molecule has 0 saturated heterocycles. The van der Waals surface area contributed by atoms with Crippen LogP contribution in [0.1, 0.15) is 23.1 Å². The van der Waals surface area contributed by atoms with E-state index in [0.717, 1.165) is 25.1 Å². The molecule has 3 rings (SSSR count). The fourth-order valence-electron chi connectivity index (χ4n) is 2.98. The monoisotopic (exact) mass is 267 g/mol. The van der Waals surface area contributed by atoms with Crippen LogP contribution < -0.4 is 10.1 Å². The summed E-state index contributed by atoms with van der Waals surface area (Å²) in [6.45, 7) is 0.940. The van der Waals surface area contributed by atoms with Crippen LogP contribution in [-0.2, 0) is 19.4 Å². The maximum Gasteiger partial charge on any atom is 0.122 e. The van der Waals surface area contributed by atoms with Gasteiger partial charge in [-0.15, -0.1) is 0 Å². The summed E-state index contributed by atoms with van der Waals surface area (Å²) < 4.78 is 5.50. The van der Waals surface area contributed by atoms with E-state index in [2.05, 4.69) is 53.8 Å². The molecule has 20 heavy (non-hydrogen) atoms. The van der Waals surface area contributed by atoms with E-state index in [-0.39, 0.29) is 0 Å². The second-order valence-corrected chi connectivity index (χ2v) is 5.40. The molecule has 2 heteroatoms. The Morgan fingerprint density at radius 3 is 2.75 bits per heavy atom. The van der Waals surface area contributed by atoms with Gasteiger partial charge in [0.25, 0.3) is 0 Å². The molecule has 0 heterocycles. The Bertz CT molecular complexity index is 551. The molecular formula is C18H21NO. The van der Waals surface area contributed by atoms with E-state index in [4.69, 9.17) is 4.74 Å². The molecule has 104 valence electrons. The van der Waals surface area contributed by atoms with Gasteiger partial charge in [0, 0.05) is 12.6 Å². The van der Waals surface area contributed by atoms with Crippen molar-refractivity contribution in [3.8, 4) is 5.75 Å². The van der Waals surface area contributed by atoms with Gasteiger partial charge in [-0.2, -0.15) is 0 Å². The minimum Gasteiger partial charge on any atom is -0.496 e. The van der Waals surface area contributed by atoms with Crippen LogP contribution in [0.5, 0.6) is 5.75 Å². The van der Waals surface area contributed by atoms with Gasteiger partial charge in [0.05, 0.1) is 7.11 Å². The highest BCUT2D eigenvalue weighted by atomic mass is 16.5. The zero-order valence-corrected chi connectivity index (χ0v) is 11.9. The first-order valence-electron chi connectivity index (χ1n) is 7.29. The van der Waals surface area contributed by atoms with Crippen molar-refractivity contribution in [2.24, 2.45) is 0 Å². The molecule has 1 aliphatic rings. The zero-order chi connectivity index (χ0) is 13.8. The van der Waals surface area contributed by atoms with Crippen LogP contribution in [0.3, 0.4) is 0 Å². The molecule has 0 fully saturated rings. The summed E-state index contributed by atoms with van der Waals surface area (Å²) in [6.07, 6.45) is 3.40. The quantitative estimate of drug-likeness (QED) is 0.917. The Kier molecular flexibility index (Phi) is 4.03. The van der Waals surface area contributed by atoms with Crippen molar-refractivity contribution in [1.82, 2.24) is 5.32 Å². The lowest BCUT2D eigenvalue weighted by atomic mass is 9.87. The van der Waals surface area contributed by atoms with E-state index in [1.165, 1.54) is 23.1 Å². The summed E-state index contributed by atoms with van der Waals surface area (Å²) in [6, 6.07) is 17.5. The van der Waals surface area contributed by atoms with Crippen LogP contribution in [0.25, 0.3) is 0 Å². The molecule has 2 aromatic rings. The molecule has 0 amide bonds. The molecule has 2 aromatic carbocycles. The highest BCUT2D eigenvalue weighted by Crippen LogP contribution is 2.29. The van der Waals surface area contributed by atoms with E-state index in [1.54, 1.807) is 7.11 Å². The average Bonchev–Trinajstić information content (AvgIpc) is 2.53. The van der Waals surface area contributed by atoms with Gasteiger partial charge in [-0.05, 0) is 42.0 Å². The summed E-state index contributed by atoms with van der Waals surface area (Å²) in [7, 11) is 1.76. The van der Waals surface area contributed by atoms with Crippen molar-refractivity contribution in [1.29, 1.82) is 0 Å². The Morgan fingerprint density at radius 2 is 1.95 bits per heavy atom. The van der Waals surface area contributed by atoms with Crippen molar-refractivity contribution < 1.29 is 4.74 Å². The van der Waals surface area contributed by atoms with E-state index >= 15 is 0 Å². The van der Waals surface area contributed by atoms with Gasteiger partial charge in [0.15, 0.2) is 0 Å². The number of ether oxygens (including phenoxy) is 1. The smallest absolute Gasteiger partial charge is 0.122 e. The predicted octanol–water partition coefficient (Wildman–Crippen LogP) is 3.34. The van der Waals surface area contributed by atoms with Crippen molar-refractivity contribution in [3.05, 3.63) is 65.2 Å². The van der Waals surface area contributed by atoms with Crippen molar-refractivity contribution in [2.75, 3.05) is 7.11 Å². The third-order valence-electron chi connectivity index (χ3n) is 4.10. The fraction of sp³-hybridized carbons (Fsp3) is 0.333. The molecule has 0 saturated carbocycles. The lowest BCUT2D eigenvalue weighted by Gasteiger charge is -2.27. The second-order valence-electron chi connectivity index (χ2n) is 5.40. The summed E-state index contributed by atoms with van der Waals surface area (Å²) in [5, 5.41) is 3.67. The van der Waals surface area contributed by atoms with Crippen LogP contribution in [0.2, 0.25) is 0 Å². The molecular weight excluding hydrogens is 246 g/mol. The van der Waals surface area contributed by atoms with Crippen LogP contribution in [0.15, 0.2) is 48.5 Å². The van der Waals surface area contributed by atoms with E-state index in [9.17, 15) is 0 Å². The van der Waals surface area contributed by atoms with Crippen molar-refractivity contribution in [2.45, 2.75) is 31.8 Å². The van der Waals surface area contributed by atoms with Gasteiger partial charge in [-0.1, -0.05) is 42.5 Å². The molecule has 2 nitrogen and oxygen atoms in total. The molecule has 0 bridgehead atoms. The van der Waals surface area contributed by atoms with Gasteiger partial charge in [0.1, 0.15) is 5.75 Å². The highest BCUT2D eigenvalue weighted by Gasteiger charge is 2.20. The topological polar surface area (TPSA) is 21.3 Å². The minimum atomic E-state index is 0.541. The molecule has 0 spiro atoms. The number of aryl methyl sites for hydroxylation is 1. The van der Waals surface area contributed by atoms with Gasteiger partial charge < -0.3 is 10.1 Å². The minimum absolute atomic E-state index is 0.541. The lowest BCUT2D eigenvalue weighted by molar-refractivity contribution is 0.393. The number of hydrogen-bond acceptors (Lipinski definition) is 2. The third-order valence-corrected chi connectivity index (χ3v) is 4.10. The fourth-order valence-corrected chi connectivity index (χ4v) is 2.98. The van der Waals surface area contributed by atoms with E-state index in [1.807, 2.05) is 0 Å². The molecule has 0 radical (unpaired) electrons. The first-order chi connectivity index (χ1) is 9.86. The summed E-state index contributed by atoms with van der Waals surface area (Å²) in [5.41, 5.74) is 4.17. The number of rotatable bonds is 4. The van der Waals surface area contributed by atoms with Crippen LogP contribution >= 0.6 is 0 Å². The molecule has 0 aromatic heterocycles. The number of methoxy groups -OCH3 is 1. The maximum absolute atomic E-state index is 5.50. The molecule has 1 aliphatic carbocycles. The molecule has 0 aliphatic heterocycles. The second kappa shape index (κ2) is 6.10. The molecule has 1 unspecified atom stereocenters. The Morgan fingerprint density at radius 1 is 1.10 bits per heavy atom. The lowest BCUT2D eigenvalue weighted by Crippen LogP contribution is -2.34. The van der Waals surface area contributed by atoms with Gasteiger partial charge in [-0.3, -0.25) is 0 Å².